The van der Waals surface area contributed by atoms with Gasteiger partial charge >= 0.3 is 0 Å². The molecule has 66 heavy (non-hydrogen) atoms. The van der Waals surface area contributed by atoms with Crippen LogP contribution >= 0.6 is 0 Å². The number of carbonyl (C=O) groups is 1. The molecule has 0 N–H and O–H groups in total. The Balaban J connectivity index is 1.13. The standard InChI is InChI=1S/C64H45NO/c1-42-19-16-20-43(2)61(42)45-37-38-65-60(40-45)64(58-35-14-10-30-53(58)54-31-11-15-36-59(54)64)49-26-18-25-48(41-49)63(56-33-12-8-28-51(56)52-29-9-13-34-57(52)63)47-24-17-23-46(39-47)62(66)55-32-7-6-27-50(55)44-21-4-3-5-22-44/h3-41H,1-2H3. The molecule has 2 aliphatic rings. The van der Waals surface area contributed by atoms with E-state index in [1.165, 1.54) is 61.2 Å². The summed E-state index contributed by atoms with van der Waals surface area (Å²) in [5.41, 5.74) is 20.5. The summed E-state index contributed by atoms with van der Waals surface area (Å²) in [4.78, 5) is 20.3. The van der Waals surface area contributed by atoms with E-state index in [0.717, 1.165) is 39.1 Å². The van der Waals surface area contributed by atoms with Crippen molar-refractivity contribution in [2.24, 2.45) is 0 Å². The van der Waals surface area contributed by atoms with Gasteiger partial charge in [0.25, 0.3) is 0 Å². The number of carbonyl (C=O) groups excluding carboxylic acids is 1. The average Bonchev–Trinajstić information content (AvgIpc) is 3.85. The van der Waals surface area contributed by atoms with Crippen molar-refractivity contribution in [1.29, 1.82) is 0 Å². The fourth-order valence-corrected chi connectivity index (χ4v) is 11.6. The van der Waals surface area contributed by atoms with Crippen molar-refractivity contribution in [3.8, 4) is 44.5 Å². The topological polar surface area (TPSA) is 30.0 Å². The van der Waals surface area contributed by atoms with Gasteiger partial charge in [-0.3, -0.25) is 9.78 Å². The van der Waals surface area contributed by atoms with E-state index in [1.54, 1.807) is 0 Å². The Kier molecular flexibility index (Phi) is 9.26. The first kappa shape index (κ1) is 39.4. The maximum Gasteiger partial charge on any atom is 0.193 e. The number of fused-ring (bicyclic) bond motifs is 6. The van der Waals surface area contributed by atoms with Crippen LogP contribution in [0.4, 0.5) is 0 Å². The van der Waals surface area contributed by atoms with Gasteiger partial charge in [-0.25, -0.2) is 0 Å². The van der Waals surface area contributed by atoms with E-state index in [1.807, 2.05) is 54.7 Å². The zero-order valence-electron chi connectivity index (χ0n) is 36.9. The molecule has 0 atom stereocenters. The van der Waals surface area contributed by atoms with Gasteiger partial charge in [0.15, 0.2) is 5.78 Å². The maximum atomic E-state index is 15.0. The molecule has 2 nitrogen and oxygen atoms in total. The molecule has 312 valence electrons. The van der Waals surface area contributed by atoms with E-state index in [4.69, 9.17) is 4.98 Å². The molecule has 2 heteroatoms. The highest BCUT2D eigenvalue weighted by molar-refractivity contribution is 6.13. The summed E-state index contributed by atoms with van der Waals surface area (Å²) in [5.74, 6) is -0.00672. The molecule has 0 aliphatic heterocycles. The van der Waals surface area contributed by atoms with Crippen molar-refractivity contribution < 1.29 is 4.79 Å². The van der Waals surface area contributed by atoms with Gasteiger partial charge in [-0.1, -0.05) is 212 Å². The van der Waals surface area contributed by atoms with Gasteiger partial charge < -0.3 is 0 Å². The smallest absolute Gasteiger partial charge is 0.193 e. The van der Waals surface area contributed by atoms with E-state index in [2.05, 4.69) is 196 Å². The minimum atomic E-state index is -0.773. The Labute approximate surface area is 386 Å². The summed E-state index contributed by atoms with van der Waals surface area (Å²) >= 11 is 0. The second-order valence-electron chi connectivity index (χ2n) is 17.8. The zero-order valence-corrected chi connectivity index (χ0v) is 36.9. The lowest BCUT2D eigenvalue weighted by molar-refractivity contribution is 0.103. The molecule has 9 aromatic carbocycles. The van der Waals surface area contributed by atoms with E-state index in [9.17, 15) is 4.79 Å². The molecule has 0 fully saturated rings. The van der Waals surface area contributed by atoms with Crippen LogP contribution in [0.5, 0.6) is 0 Å². The number of ketones is 1. The van der Waals surface area contributed by atoms with E-state index >= 15 is 0 Å². The predicted molar refractivity (Wildman–Crippen MR) is 269 cm³/mol. The average molecular weight is 844 g/mol. The largest absolute Gasteiger partial charge is 0.289 e. The van der Waals surface area contributed by atoms with Crippen LogP contribution in [0.25, 0.3) is 44.5 Å². The van der Waals surface area contributed by atoms with Gasteiger partial charge in [-0.15, -0.1) is 0 Å². The SMILES string of the molecule is Cc1cccc(C)c1-c1ccnc(C2(c3cccc(C4(c5cccc(C(=O)c6ccccc6-c6ccccc6)c5)c5ccccc5-c5ccccc54)c3)c3ccccc3-c3ccccc32)c1. The third-order valence-electron chi connectivity index (χ3n) is 14.4. The number of aryl methyl sites for hydroxylation is 2. The highest BCUT2D eigenvalue weighted by Crippen LogP contribution is 2.59. The second kappa shape index (κ2) is 15.5. The molecule has 0 saturated heterocycles. The first-order chi connectivity index (χ1) is 32.5. The number of hydrogen-bond acceptors (Lipinski definition) is 2. The van der Waals surface area contributed by atoms with Crippen LogP contribution in [0.3, 0.4) is 0 Å². The van der Waals surface area contributed by atoms with E-state index in [0.29, 0.717) is 11.1 Å². The summed E-state index contributed by atoms with van der Waals surface area (Å²) < 4.78 is 0. The van der Waals surface area contributed by atoms with Crippen molar-refractivity contribution >= 4 is 5.78 Å². The Morgan fingerprint density at radius 3 is 1.42 bits per heavy atom. The Hall–Kier alpha value is -8.20. The van der Waals surface area contributed by atoms with Crippen LogP contribution in [-0.2, 0) is 10.8 Å². The summed E-state index contributed by atoms with van der Waals surface area (Å²) in [5, 5.41) is 0. The summed E-state index contributed by atoms with van der Waals surface area (Å²) in [6.45, 7) is 4.40. The second-order valence-corrected chi connectivity index (χ2v) is 17.8. The normalized spacial score (nSPS) is 13.6. The lowest BCUT2D eigenvalue weighted by Crippen LogP contribution is -2.32. The summed E-state index contributed by atoms with van der Waals surface area (Å²) in [6.07, 6.45) is 2.00. The molecule has 0 bridgehead atoms. The van der Waals surface area contributed by atoms with Gasteiger partial charge in [0.05, 0.1) is 16.5 Å². The summed E-state index contributed by atoms with van der Waals surface area (Å²) in [7, 11) is 0. The number of pyridine rings is 1. The van der Waals surface area contributed by atoms with Crippen LogP contribution < -0.4 is 0 Å². The monoisotopic (exact) mass is 843 g/mol. The minimum absolute atomic E-state index is 0.00672. The predicted octanol–water partition coefficient (Wildman–Crippen LogP) is 15.0. The number of rotatable bonds is 8. The number of nitrogens with zero attached hydrogens (tertiary/aromatic N) is 1. The van der Waals surface area contributed by atoms with Crippen molar-refractivity contribution in [2.45, 2.75) is 24.7 Å². The van der Waals surface area contributed by atoms with Crippen LogP contribution in [0.2, 0.25) is 0 Å². The lowest BCUT2D eigenvalue weighted by Gasteiger charge is -2.37. The Morgan fingerprint density at radius 1 is 0.379 bits per heavy atom. The molecule has 0 spiro atoms. The third-order valence-corrected chi connectivity index (χ3v) is 14.4. The Bertz CT molecular complexity index is 3430. The van der Waals surface area contributed by atoms with Gasteiger partial charge in [0.2, 0.25) is 0 Å². The molecule has 0 saturated carbocycles. The summed E-state index contributed by atoms with van der Waals surface area (Å²) in [6, 6.07) is 82.3. The zero-order chi connectivity index (χ0) is 44.4. The molecule has 0 radical (unpaired) electrons. The van der Waals surface area contributed by atoms with Crippen LogP contribution in [0.1, 0.15) is 71.7 Å². The molecule has 12 rings (SSSR count). The van der Waals surface area contributed by atoms with Gasteiger partial charge in [-0.05, 0) is 127 Å². The van der Waals surface area contributed by atoms with Crippen molar-refractivity contribution in [1.82, 2.24) is 4.98 Å². The van der Waals surface area contributed by atoms with Gasteiger partial charge in [0.1, 0.15) is 0 Å². The number of benzene rings is 9. The number of aromatic nitrogens is 1. The minimum Gasteiger partial charge on any atom is -0.289 e. The maximum absolute atomic E-state index is 15.0. The van der Waals surface area contributed by atoms with Gasteiger partial charge in [-0.2, -0.15) is 0 Å². The van der Waals surface area contributed by atoms with Crippen molar-refractivity contribution in [2.75, 3.05) is 0 Å². The molecular formula is C64H45NO. The fourth-order valence-electron chi connectivity index (χ4n) is 11.6. The molecular weight excluding hydrogens is 799 g/mol. The molecule has 2 aliphatic carbocycles. The molecule has 1 aromatic heterocycles. The van der Waals surface area contributed by atoms with Crippen LogP contribution in [0, 0.1) is 13.8 Å². The highest BCUT2D eigenvalue weighted by atomic mass is 16.1. The molecule has 10 aromatic rings. The molecule has 0 unspecified atom stereocenters. The quantitative estimate of drug-likeness (QED) is 0.143. The lowest BCUT2D eigenvalue weighted by atomic mass is 9.64. The molecule has 1 heterocycles. The third kappa shape index (κ3) is 5.74. The number of hydrogen-bond donors (Lipinski definition) is 0. The van der Waals surface area contributed by atoms with E-state index < -0.39 is 10.8 Å². The first-order valence-electron chi connectivity index (χ1n) is 22.8. The molecule has 0 amide bonds. The Morgan fingerprint density at radius 2 is 0.833 bits per heavy atom. The highest BCUT2D eigenvalue weighted by Gasteiger charge is 2.50. The first-order valence-corrected chi connectivity index (χ1v) is 22.8. The van der Waals surface area contributed by atoms with Gasteiger partial charge in [0, 0.05) is 17.3 Å². The van der Waals surface area contributed by atoms with Crippen LogP contribution in [0.15, 0.2) is 237 Å². The van der Waals surface area contributed by atoms with E-state index in [-0.39, 0.29) is 5.78 Å². The van der Waals surface area contributed by atoms with Crippen LogP contribution in [-0.4, -0.2) is 10.8 Å². The van der Waals surface area contributed by atoms with Crippen molar-refractivity contribution in [3.05, 3.63) is 304 Å². The van der Waals surface area contributed by atoms with Crippen molar-refractivity contribution in [3.63, 3.8) is 0 Å². The fraction of sp³-hybridized carbons (Fsp3) is 0.0625.